The van der Waals surface area contributed by atoms with Crippen molar-refractivity contribution in [2.75, 3.05) is 31.6 Å². The Hall–Kier alpha value is -2.57. The molecule has 2 amide bonds. The highest BCUT2D eigenvalue weighted by Crippen LogP contribution is 2.19. The van der Waals surface area contributed by atoms with Gasteiger partial charge in [0.1, 0.15) is 0 Å². The van der Waals surface area contributed by atoms with Crippen LogP contribution in [0.3, 0.4) is 0 Å². The van der Waals surface area contributed by atoms with E-state index in [1.807, 2.05) is 0 Å². The number of likely N-dealkylation sites (tertiary alicyclic amines) is 1. The Morgan fingerprint density at radius 1 is 1.20 bits per heavy atom. The number of rotatable bonds is 5. The molecule has 0 bridgehead atoms. The van der Waals surface area contributed by atoms with Crippen molar-refractivity contribution in [2.24, 2.45) is 5.92 Å². The number of amides is 2. The topological polar surface area (TPSA) is 84.9 Å². The molecular weight excluding hydrogens is 324 g/mol. The van der Waals surface area contributed by atoms with Crippen molar-refractivity contribution in [3.8, 4) is 0 Å². The van der Waals surface area contributed by atoms with Crippen LogP contribution in [0.25, 0.3) is 0 Å². The van der Waals surface area contributed by atoms with E-state index in [0.717, 1.165) is 12.8 Å². The maximum atomic E-state index is 12.4. The minimum absolute atomic E-state index is 0.260. The van der Waals surface area contributed by atoms with Crippen LogP contribution in [-0.2, 0) is 14.3 Å². The average molecular weight is 348 g/mol. The molecule has 1 aliphatic heterocycles. The van der Waals surface area contributed by atoms with Gasteiger partial charge in [0.05, 0.1) is 24.7 Å². The van der Waals surface area contributed by atoms with Crippen molar-refractivity contribution >= 4 is 23.7 Å². The molecule has 1 saturated heterocycles. The molecule has 7 heteroatoms. The smallest absolute Gasteiger partial charge is 0.338 e. The zero-order valence-corrected chi connectivity index (χ0v) is 14.6. The number of hydrogen-bond donors (Lipinski definition) is 1. The molecule has 1 aliphatic rings. The number of anilines is 1. The number of carbonyl (C=O) groups is 3. The minimum atomic E-state index is -0.432. The zero-order valence-electron chi connectivity index (χ0n) is 14.6. The first-order chi connectivity index (χ1) is 12.0. The van der Waals surface area contributed by atoms with Gasteiger partial charge in [0, 0.05) is 18.8 Å². The van der Waals surface area contributed by atoms with Crippen molar-refractivity contribution in [1.29, 1.82) is 0 Å². The van der Waals surface area contributed by atoms with Crippen LogP contribution in [0.15, 0.2) is 24.3 Å². The highest BCUT2D eigenvalue weighted by atomic mass is 16.5. The molecule has 1 atom stereocenters. The molecule has 0 radical (unpaired) electrons. The first kappa shape index (κ1) is 18.8. The Morgan fingerprint density at radius 3 is 2.68 bits per heavy atom. The predicted octanol–water partition coefficient (Wildman–Crippen LogP) is 2.67. The average Bonchev–Trinajstić information content (AvgIpc) is 2.62. The number of hydrogen-bond acceptors (Lipinski definition) is 5. The second kappa shape index (κ2) is 9.05. The van der Waals surface area contributed by atoms with E-state index in [4.69, 9.17) is 9.47 Å². The van der Waals surface area contributed by atoms with Crippen LogP contribution in [0.5, 0.6) is 0 Å². The minimum Gasteiger partial charge on any atom is -0.466 e. The summed E-state index contributed by atoms with van der Waals surface area (Å²) in [4.78, 5) is 37.7. The Bertz CT molecular complexity index is 632. The SMILES string of the molecule is CCOC(=O)c1cccc(NC(=O)N2CCCC(C(=O)OCC)C2)c1. The van der Waals surface area contributed by atoms with Gasteiger partial charge in [0.2, 0.25) is 0 Å². The Balaban J connectivity index is 1.98. The van der Waals surface area contributed by atoms with E-state index < -0.39 is 5.97 Å². The van der Waals surface area contributed by atoms with Crippen molar-refractivity contribution < 1.29 is 23.9 Å². The third kappa shape index (κ3) is 5.20. The summed E-state index contributed by atoms with van der Waals surface area (Å²) in [5, 5.41) is 2.77. The summed E-state index contributed by atoms with van der Waals surface area (Å²) in [7, 11) is 0. The molecule has 1 fully saturated rings. The number of piperidine rings is 1. The molecule has 0 saturated carbocycles. The molecule has 2 rings (SSSR count). The molecular formula is C18H24N2O5. The van der Waals surface area contributed by atoms with E-state index in [1.165, 1.54) is 0 Å². The summed E-state index contributed by atoms with van der Waals surface area (Å²) in [5.41, 5.74) is 0.886. The summed E-state index contributed by atoms with van der Waals surface area (Å²) in [6.07, 6.45) is 1.47. The lowest BCUT2D eigenvalue weighted by atomic mass is 9.98. The first-order valence-corrected chi connectivity index (χ1v) is 8.54. The van der Waals surface area contributed by atoms with Crippen LogP contribution < -0.4 is 5.32 Å². The highest BCUT2D eigenvalue weighted by molar-refractivity contribution is 5.94. The van der Waals surface area contributed by atoms with Gasteiger partial charge < -0.3 is 19.7 Å². The monoisotopic (exact) mass is 348 g/mol. The van der Waals surface area contributed by atoms with Crippen LogP contribution in [-0.4, -0.2) is 49.2 Å². The van der Waals surface area contributed by atoms with Gasteiger partial charge in [-0.15, -0.1) is 0 Å². The summed E-state index contributed by atoms with van der Waals surface area (Å²) < 4.78 is 10.00. The van der Waals surface area contributed by atoms with Crippen LogP contribution in [0.1, 0.15) is 37.0 Å². The fourth-order valence-electron chi connectivity index (χ4n) is 2.75. The molecule has 136 valence electrons. The Kier molecular flexibility index (Phi) is 6.80. The van der Waals surface area contributed by atoms with E-state index in [0.29, 0.717) is 37.6 Å². The second-order valence-corrected chi connectivity index (χ2v) is 5.77. The Labute approximate surface area is 147 Å². The normalized spacial score (nSPS) is 16.9. The molecule has 1 aromatic carbocycles. The highest BCUT2D eigenvalue weighted by Gasteiger charge is 2.29. The number of esters is 2. The molecule has 1 unspecified atom stereocenters. The lowest BCUT2D eigenvalue weighted by Gasteiger charge is -2.31. The largest absolute Gasteiger partial charge is 0.466 e. The van der Waals surface area contributed by atoms with Gasteiger partial charge in [0.25, 0.3) is 0 Å². The van der Waals surface area contributed by atoms with Crippen LogP contribution >= 0.6 is 0 Å². The van der Waals surface area contributed by atoms with Gasteiger partial charge >= 0.3 is 18.0 Å². The summed E-state index contributed by atoms with van der Waals surface area (Å²) in [6, 6.07) is 6.29. The summed E-state index contributed by atoms with van der Waals surface area (Å²) in [6.45, 7) is 5.05. The molecule has 0 aromatic heterocycles. The fourth-order valence-corrected chi connectivity index (χ4v) is 2.75. The number of carbonyl (C=O) groups excluding carboxylic acids is 3. The van der Waals surface area contributed by atoms with Gasteiger partial charge in [0.15, 0.2) is 0 Å². The van der Waals surface area contributed by atoms with Crippen molar-refractivity contribution in [1.82, 2.24) is 4.90 Å². The molecule has 25 heavy (non-hydrogen) atoms. The molecule has 1 N–H and O–H groups in total. The number of nitrogens with one attached hydrogen (secondary N) is 1. The number of nitrogens with zero attached hydrogens (tertiary/aromatic N) is 1. The van der Waals surface area contributed by atoms with Crippen LogP contribution in [0.2, 0.25) is 0 Å². The molecule has 0 spiro atoms. The first-order valence-electron chi connectivity index (χ1n) is 8.54. The van der Waals surface area contributed by atoms with Gasteiger partial charge in [-0.05, 0) is 44.9 Å². The van der Waals surface area contributed by atoms with Crippen molar-refractivity contribution in [3.63, 3.8) is 0 Å². The van der Waals surface area contributed by atoms with E-state index in [1.54, 1.807) is 43.0 Å². The number of benzene rings is 1. The van der Waals surface area contributed by atoms with Crippen molar-refractivity contribution in [2.45, 2.75) is 26.7 Å². The zero-order chi connectivity index (χ0) is 18.2. The maximum absolute atomic E-state index is 12.4. The number of urea groups is 1. The molecule has 1 heterocycles. The second-order valence-electron chi connectivity index (χ2n) is 5.77. The number of ether oxygens (including phenoxy) is 2. The lowest BCUT2D eigenvalue weighted by Crippen LogP contribution is -2.44. The molecule has 0 aliphatic carbocycles. The third-order valence-electron chi connectivity index (χ3n) is 3.95. The third-order valence-corrected chi connectivity index (χ3v) is 3.95. The van der Waals surface area contributed by atoms with E-state index in [2.05, 4.69) is 5.32 Å². The fraction of sp³-hybridized carbons (Fsp3) is 0.500. The van der Waals surface area contributed by atoms with E-state index in [9.17, 15) is 14.4 Å². The lowest BCUT2D eigenvalue weighted by molar-refractivity contribution is -0.149. The maximum Gasteiger partial charge on any atom is 0.338 e. The van der Waals surface area contributed by atoms with Gasteiger partial charge in [-0.25, -0.2) is 9.59 Å². The van der Waals surface area contributed by atoms with Gasteiger partial charge in [-0.1, -0.05) is 6.07 Å². The van der Waals surface area contributed by atoms with Crippen LogP contribution in [0, 0.1) is 5.92 Å². The van der Waals surface area contributed by atoms with Crippen LogP contribution in [0.4, 0.5) is 10.5 Å². The molecule has 1 aromatic rings. The quantitative estimate of drug-likeness (QED) is 0.827. The van der Waals surface area contributed by atoms with Crippen molar-refractivity contribution in [3.05, 3.63) is 29.8 Å². The Morgan fingerprint density at radius 2 is 1.96 bits per heavy atom. The molecule has 7 nitrogen and oxygen atoms in total. The van der Waals surface area contributed by atoms with E-state index >= 15 is 0 Å². The van der Waals surface area contributed by atoms with Gasteiger partial charge in [-0.2, -0.15) is 0 Å². The summed E-state index contributed by atoms with van der Waals surface area (Å²) in [5.74, 6) is -0.978. The van der Waals surface area contributed by atoms with Gasteiger partial charge in [-0.3, -0.25) is 4.79 Å². The standard InChI is InChI=1S/C18H24N2O5/c1-3-24-16(21)13-7-5-9-15(11-13)19-18(23)20-10-6-8-14(12-20)17(22)25-4-2/h5,7,9,11,14H,3-4,6,8,10,12H2,1-2H3,(H,19,23). The predicted molar refractivity (Wildman–Crippen MR) is 92.3 cm³/mol. The summed E-state index contributed by atoms with van der Waals surface area (Å²) >= 11 is 0. The van der Waals surface area contributed by atoms with E-state index in [-0.39, 0.29) is 17.9 Å².